The van der Waals surface area contributed by atoms with E-state index < -0.39 is 0 Å². The van der Waals surface area contributed by atoms with E-state index in [9.17, 15) is 0 Å². The van der Waals surface area contributed by atoms with E-state index in [-0.39, 0.29) is 0 Å². The minimum atomic E-state index is 0.509. The van der Waals surface area contributed by atoms with Crippen LogP contribution in [-0.2, 0) is 0 Å². The first kappa shape index (κ1) is 7.93. The van der Waals surface area contributed by atoms with Gasteiger partial charge < -0.3 is 5.73 Å². The zero-order valence-corrected chi connectivity index (χ0v) is 7.78. The topological polar surface area (TPSA) is 26.0 Å². The summed E-state index contributed by atoms with van der Waals surface area (Å²) in [5.74, 6) is 2.40. The number of hydrogen-bond donors (Lipinski definition) is 1. The smallest absolute Gasteiger partial charge is 0.0201 e. The molecular weight excluding hydrogens is 154 g/mol. The largest absolute Gasteiger partial charge is 0.327 e. The minimum Gasteiger partial charge on any atom is -0.327 e. The molecule has 2 atom stereocenters. The summed E-state index contributed by atoms with van der Waals surface area (Å²) in [5.41, 5.74) is 6.03. The van der Waals surface area contributed by atoms with Gasteiger partial charge in [0.25, 0.3) is 0 Å². The number of thioether (sulfide) groups is 1. The molecule has 1 saturated heterocycles. The van der Waals surface area contributed by atoms with E-state index in [0.717, 1.165) is 11.2 Å². The SMILES string of the molecule is NC1CCCSC1CC1CC1. The molecule has 1 aliphatic carbocycles. The van der Waals surface area contributed by atoms with E-state index >= 15 is 0 Å². The van der Waals surface area contributed by atoms with Crippen LogP contribution in [0.5, 0.6) is 0 Å². The van der Waals surface area contributed by atoms with Gasteiger partial charge >= 0.3 is 0 Å². The summed E-state index contributed by atoms with van der Waals surface area (Å²) in [4.78, 5) is 0. The molecule has 2 aliphatic rings. The number of hydrogen-bond acceptors (Lipinski definition) is 2. The molecule has 0 aromatic rings. The van der Waals surface area contributed by atoms with Gasteiger partial charge in [0.15, 0.2) is 0 Å². The zero-order valence-electron chi connectivity index (χ0n) is 6.96. The van der Waals surface area contributed by atoms with E-state index in [2.05, 4.69) is 11.8 Å². The lowest BCUT2D eigenvalue weighted by atomic mass is 10.0. The summed E-state index contributed by atoms with van der Waals surface area (Å²) in [6.45, 7) is 0. The quantitative estimate of drug-likeness (QED) is 0.688. The fourth-order valence-corrected chi connectivity index (χ4v) is 3.22. The van der Waals surface area contributed by atoms with Gasteiger partial charge in [-0.15, -0.1) is 0 Å². The van der Waals surface area contributed by atoms with Crippen molar-refractivity contribution in [3.63, 3.8) is 0 Å². The van der Waals surface area contributed by atoms with Crippen LogP contribution in [0.15, 0.2) is 0 Å². The molecule has 0 bridgehead atoms. The highest BCUT2D eigenvalue weighted by atomic mass is 32.2. The average Bonchev–Trinajstić information content (AvgIpc) is 2.78. The van der Waals surface area contributed by atoms with Crippen LogP contribution in [0.2, 0.25) is 0 Å². The molecule has 2 heteroatoms. The molecule has 0 aromatic heterocycles. The van der Waals surface area contributed by atoms with E-state index in [4.69, 9.17) is 5.73 Å². The first-order chi connectivity index (χ1) is 5.36. The Morgan fingerprint density at radius 3 is 2.73 bits per heavy atom. The van der Waals surface area contributed by atoms with E-state index in [0.29, 0.717) is 6.04 Å². The average molecular weight is 171 g/mol. The van der Waals surface area contributed by atoms with E-state index in [1.54, 1.807) is 0 Å². The Labute approximate surface area is 73.1 Å². The monoisotopic (exact) mass is 171 g/mol. The molecule has 1 aliphatic heterocycles. The molecule has 64 valence electrons. The van der Waals surface area contributed by atoms with Gasteiger partial charge in [0.05, 0.1) is 0 Å². The number of nitrogens with two attached hydrogens (primary N) is 1. The second kappa shape index (κ2) is 3.36. The summed E-state index contributed by atoms with van der Waals surface area (Å²) in [5, 5.41) is 0.802. The van der Waals surface area contributed by atoms with Crippen molar-refractivity contribution in [3.8, 4) is 0 Å². The second-order valence-corrected chi connectivity index (χ2v) is 5.24. The van der Waals surface area contributed by atoms with Crippen molar-refractivity contribution < 1.29 is 0 Å². The lowest BCUT2D eigenvalue weighted by Gasteiger charge is -2.27. The molecule has 0 radical (unpaired) electrons. The molecule has 0 aromatic carbocycles. The van der Waals surface area contributed by atoms with Crippen molar-refractivity contribution in [1.82, 2.24) is 0 Å². The van der Waals surface area contributed by atoms with Crippen LogP contribution in [-0.4, -0.2) is 17.0 Å². The molecule has 2 unspecified atom stereocenters. The van der Waals surface area contributed by atoms with Gasteiger partial charge in [0.2, 0.25) is 0 Å². The third kappa shape index (κ3) is 2.12. The summed E-state index contributed by atoms with van der Waals surface area (Å²) in [6, 6.07) is 0.509. The second-order valence-electron chi connectivity index (χ2n) is 3.89. The highest BCUT2D eigenvalue weighted by Gasteiger charge is 2.30. The molecule has 11 heavy (non-hydrogen) atoms. The molecule has 1 heterocycles. The predicted molar refractivity (Wildman–Crippen MR) is 50.8 cm³/mol. The molecule has 2 N–H and O–H groups in total. The third-order valence-corrected chi connectivity index (χ3v) is 4.25. The minimum absolute atomic E-state index is 0.509. The third-order valence-electron chi connectivity index (χ3n) is 2.75. The van der Waals surface area contributed by atoms with Crippen LogP contribution < -0.4 is 5.73 Å². The summed E-state index contributed by atoms with van der Waals surface area (Å²) < 4.78 is 0. The predicted octanol–water partition coefficient (Wildman–Crippen LogP) is 2.01. The summed E-state index contributed by atoms with van der Waals surface area (Å²) >= 11 is 2.11. The highest BCUT2D eigenvalue weighted by Crippen LogP contribution is 2.39. The van der Waals surface area contributed by atoms with Gasteiger partial charge in [-0.25, -0.2) is 0 Å². The van der Waals surface area contributed by atoms with Gasteiger partial charge in [-0.2, -0.15) is 11.8 Å². The maximum absolute atomic E-state index is 6.03. The normalized spacial score (nSPS) is 39.0. The van der Waals surface area contributed by atoms with Crippen LogP contribution in [0.25, 0.3) is 0 Å². The first-order valence-corrected chi connectivity index (χ1v) is 5.78. The maximum Gasteiger partial charge on any atom is 0.0201 e. The number of rotatable bonds is 2. The van der Waals surface area contributed by atoms with Crippen molar-refractivity contribution in [1.29, 1.82) is 0 Å². The Morgan fingerprint density at radius 2 is 2.09 bits per heavy atom. The molecular formula is C9H17NS. The zero-order chi connectivity index (χ0) is 7.68. The van der Waals surface area contributed by atoms with Gasteiger partial charge in [0, 0.05) is 11.3 Å². The molecule has 0 amide bonds. The Morgan fingerprint density at radius 1 is 1.27 bits per heavy atom. The van der Waals surface area contributed by atoms with Crippen LogP contribution >= 0.6 is 11.8 Å². The molecule has 1 nitrogen and oxygen atoms in total. The lowest BCUT2D eigenvalue weighted by molar-refractivity contribution is 0.519. The van der Waals surface area contributed by atoms with Crippen molar-refractivity contribution in [2.75, 3.05) is 5.75 Å². The van der Waals surface area contributed by atoms with E-state index in [1.807, 2.05) is 0 Å². The van der Waals surface area contributed by atoms with Gasteiger partial charge in [0.1, 0.15) is 0 Å². The molecule has 2 rings (SSSR count). The van der Waals surface area contributed by atoms with Gasteiger partial charge in [-0.05, 0) is 30.9 Å². The first-order valence-electron chi connectivity index (χ1n) is 4.73. The van der Waals surface area contributed by atoms with E-state index in [1.165, 1.54) is 37.9 Å². The lowest BCUT2D eigenvalue weighted by Crippen LogP contribution is -2.35. The highest BCUT2D eigenvalue weighted by molar-refractivity contribution is 8.00. The van der Waals surface area contributed by atoms with Crippen molar-refractivity contribution in [3.05, 3.63) is 0 Å². The Hall–Kier alpha value is 0.310. The maximum atomic E-state index is 6.03. The van der Waals surface area contributed by atoms with Crippen molar-refractivity contribution in [2.45, 2.75) is 43.4 Å². The van der Waals surface area contributed by atoms with Crippen molar-refractivity contribution in [2.24, 2.45) is 11.7 Å². The summed E-state index contributed by atoms with van der Waals surface area (Å²) in [6.07, 6.45) is 6.97. The Balaban J connectivity index is 1.78. The fraction of sp³-hybridized carbons (Fsp3) is 1.00. The Bertz CT molecular complexity index is 134. The van der Waals surface area contributed by atoms with Crippen molar-refractivity contribution >= 4 is 11.8 Å². The molecule has 0 spiro atoms. The van der Waals surface area contributed by atoms with Crippen LogP contribution in [0, 0.1) is 5.92 Å². The Kier molecular flexibility index (Phi) is 2.42. The standard InChI is InChI=1S/C9H17NS/c10-8-2-1-5-11-9(8)6-7-3-4-7/h7-9H,1-6,10H2. The van der Waals surface area contributed by atoms with Crippen LogP contribution in [0.4, 0.5) is 0 Å². The van der Waals surface area contributed by atoms with Crippen LogP contribution in [0.3, 0.4) is 0 Å². The van der Waals surface area contributed by atoms with Gasteiger partial charge in [-0.1, -0.05) is 12.8 Å². The molecule has 1 saturated carbocycles. The summed E-state index contributed by atoms with van der Waals surface area (Å²) in [7, 11) is 0. The van der Waals surface area contributed by atoms with Crippen LogP contribution in [0.1, 0.15) is 32.1 Å². The fourth-order valence-electron chi connectivity index (χ4n) is 1.79. The van der Waals surface area contributed by atoms with Gasteiger partial charge in [-0.3, -0.25) is 0 Å². The molecule has 2 fully saturated rings.